The molecule has 1 aromatic rings. The molecule has 1 aromatic heterocycles. The van der Waals surface area contributed by atoms with Crippen molar-refractivity contribution in [3.8, 4) is 0 Å². The van der Waals surface area contributed by atoms with Crippen molar-refractivity contribution in [1.29, 1.82) is 0 Å². The lowest BCUT2D eigenvalue weighted by atomic mass is 10.1. The summed E-state index contributed by atoms with van der Waals surface area (Å²) < 4.78 is 16.9. The summed E-state index contributed by atoms with van der Waals surface area (Å²) >= 11 is 0. The Morgan fingerprint density at radius 3 is 2.92 bits per heavy atom. The van der Waals surface area contributed by atoms with Crippen LogP contribution in [0.1, 0.15) is 25.5 Å². The Kier molecular flexibility index (Phi) is 6.90. The standard InChI is InChI=1S/C18H28N4O4/c1-2-19-18(21-12-17(23)20-11-14-5-3-8-24-14)22-7-10-26-16(13-22)15-6-4-9-25-15/h3,5,8,15-16H,2,4,6-7,9-13H2,1H3,(H,19,21)(H,20,23). The molecule has 2 N–H and O–H groups in total. The van der Waals surface area contributed by atoms with Crippen LogP contribution in [0.2, 0.25) is 0 Å². The Labute approximate surface area is 153 Å². The lowest BCUT2D eigenvalue weighted by Gasteiger charge is -2.37. The number of hydrogen-bond donors (Lipinski definition) is 2. The van der Waals surface area contributed by atoms with E-state index >= 15 is 0 Å². The van der Waals surface area contributed by atoms with Gasteiger partial charge in [-0.05, 0) is 31.9 Å². The number of aliphatic imine (C=N–C) groups is 1. The number of carbonyl (C=O) groups is 1. The molecule has 144 valence electrons. The number of furan rings is 1. The van der Waals surface area contributed by atoms with E-state index in [0.717, 1.165) is 50.8 Å². The van der Waals surface area contributed by atoms with Gasteiger partial charge < -0.3 is 29.4 Å². The van der Waals surface area contributed by atoms with Crippen LogP contribution in [0, 0.1) is 0 Å². The summed E-state index contributed by atoms with van der Waals surface area (Å²) in [6.07, 6.45) is 3.95. The third-order valence-corrected chi connectivity index (χ3v) is 4.52. The van der Waals surface area contributed by atoms with E-state index in [4.69, 9.17) is 13.9 Å². The van der Waals surface area contributed by atoms with Crippen molar-refractivity contribution in [2.24, 2.45) is 4.99 Å². The maximum atomic E-state index is 12.1. The summed E-state index contributed by atoms with van der Waals surface area (Å²) in [6, 6.07) is 3.62. The quantitative estimate of drug-likeness (QED) is 0.572. The highest BCUT2D eigenvalue weighted by molar-refractivity contribution is 5.85. The molecule has 0 spiro atoms. The number of rotatable bonds is 6. The molecule has 0 aliphatic carbocycles. The van der Waals surface area contributed by atoms with E-state index in [-0.39, 0.29) is 24.7 Å². The van der Waals surface area contributed by atoms with Crippen molar-refractivity contribution in [3.63, 3.8) is 0 Å². The van der Waals surface area contributed by atoms with Gasteiger partial charge in [0.1, 0.15) is 18.4 Å². The van der Waals surface area contributed by atoms with E-state index in [9.17, 15) is 4.79 Å². The predicted octanol–water partition coefficient (Wildman–Crippen LogP) is 0.741. The zero-order chi connectivity index (χ0) is 18.2. The topological polar surface area (TPSA) is 88.3 Å². The molecule has 0 aromatic carbocycles. The molecule has 8 nitrogen and oxygen atoms in total. The van der Waals surface area contributed by atoms with Crippen LogP contribution in [0.25, 0.3) is 0 Å². The molecule has 0 radical (unpaired) electrons. The summed E-state index contributed by atoms with van der Waals surface area (Å²) in [6.45, 7) is 6.14. The van der Waals surface area contributed by atoms with Gasteiger partial charge in [0.05, 0.1) is 25.5 Å². The SMILES string of the molecule is CCNC(=NCC(=O)NCc1ccco1)N1CCOC(C2CCCO2)C1. The number of carbonyl (C=O) groups excluding carboxylic acids is 1. The lowest BCUT2D eigenvalue weighted by Crippen LogP contribution is -2.53. The Morgan fingerprint density at radius 1 is 1.31 bits per heavy atom. The number of nitrogens with one attached hydrogen (secondary N) is 2. The van der Waals surface area contributed by atoms with Gasteiger partial charge in [0, 0.05) is 26.2 Å². The first-order chi connectivity index (χ1) is 12.8. The second kappa shape index (κ2) is 9.59. The first-order valence-corrected chi connectivity index (χ1v) is 9.32. The van der Waals surface area contributed by atoms with Gasteiger partial charge in [-0.1, -0.05) is 0 Å². The van der Waals surface area contributed by atoms with Gasteiger partial charge in [-0.25, -0.2) is 4.99 Å². The smallest absolute Gasteiger partial charge is 0.242 e. The Hall–Kier alpha value is -2.06. The number of ether oxygens (including phenoxy) is 2. The number of amides is 1. The molecular formula is C18H28N4O4. The maximum Gasteiger partial charge on any atom is 0.242 e. The fraction of sp³-hybridized carbons (Fsp3) is 0.667. The minimum Gasteiger partial charge on any atom is -0.467 e. The predicted molar refractivity (Wildman–Crippen MR) is 96.8 cm³/mol. The van der Waals surface area contributed by atoms with Crippen molar-refractivity contribution in [1.82, 2.24) is 15.5 Å². The van der Waals surface area contributed by atoms with Crippen molar-refractivity contribution < 1.29 is 18.7 Å². The molecule has 2 unspecified atom stereocenters. The van der Waals surface area contributed by atoms with Crippen LogP contribution in [0.4, 0.5) is 0 Å². The molecule has 1 amide bonds. The van der Waals surface area contributed by atoms with E-state index in [1.165, 1.54) is 0 Å². The molecule has 26 heavy (non-hydrogen) atoms. The summed E-state index contributed by atoms with van der Waals surface area (Å²) in [5.41, 5.74) is 0. The van der Waals surface area contributed by atoms with Gasteiger partial charge in [-0.3, -0.25) is 4.79 Å². The molecule has 8 heteroatoms. The van der Waals surface area contributed by atoms with Crippen molar-refractivity contribution in [2.75, 3.05) is 39.4 Å². The third kappa shape index (κ3) is 5.22. The summed E-state index contributed by atoms with van der Waals surface area (Å²) in [5, 5.41) is 6.08. The van der Waals surface area contributed by atoms with Crippen molar-refractivity contribution in [3.05, 3.63) is 24.2 Å². The van der Waals surface area contributed by atoms with Gasteiger partial charge in [-0.2, -0.15) is 0 Å². The summed E-state index contributed by atoms with van der Waals surface area (Å²) in [4.78, 5) is 18.7. The van der Waals surface area contributed by atoms with Crippen molar-refractivity contribution in [2.45, 2.75) is 38.5 Å². The van der Waals surface area contributed by atoms with E-state index in [0.29, 0.717) is 13.2 Å². The molecule has 2 fully saturated rings. The van der Waals surface area contributed by atoms with Crippen LogP contribution in [-0.2, 0) is 20.8 Å². The van der Waals surface area contributed by atoms with Crippen LogP contribution in [0.15, 0.2) is 27.8 Å². The van der Waals surface area contributed by atoms with E-state index in [1.54, 1.807) is 12.3 Å². The van der Waals surface area contributed by atoms with Crippen LogP contribution in [-0.4, -0.2) is 68.4 Å². The van der Waals surface area contributed by atoms with Crippen LogP contribution in [0.5, 0.6) is 0 Å². The van der Waals surface area contributed by atoms with Crippen LogP contribution < -0.4 is 10.6 Å². The third-order valence-electron chi connectivity index (χ3n) is 4.52. The second-order valence-electron chi connectivity index (χ2n) is 6.43. The Bertz CT molecular complexity index is 584. The maximum absolute atomic E-state index is 12.1. The highest BCUT2D eigenvalue weighted by atomic mass is 16.5. The summed E-state index contributed by atoms with van der Waals surface area (Å²) in [5.74, 6) is 1.33. The molecule has 0 saturated carbocycles. The second-order valence-corrected chi connectivity index (χ2v) is 6.43. The molecule has 3 heterocycles. The largest absolute Gasteiger partial charge is 0.467 e. The normalized spacial score (nSPS) is 23.9. The van der Waals surface area contributed by atoms with Gasteiger partial charge in [0.25, 0.3) is 0 Å². The molecule has 3 rings (SSSR count). The molecular weight excluding hydrogens is 336 g/mol. The average Bonchev–Trinajstić information content (AvgIpc) is 3.37. The number of hydrogen-bond acceptors (Lipinski definition) is 5. The Morgan fingerprint density at radius 2 is 2.19 bits per heavy atom. The lowest BCUT2D eigenvalue weighted by molar-refractivity contribution is -0.119. The summed E-state index contributed by atoms with van der Waals surface area (Å²) in [7, 11) is 0. The number of nitrogens with zero attached hydrogens (tertiary/aromatic N) is 2. The minimum atomic E-state index is -0.138. The Balaban J connectivity index is 1.52. The first-order valence-electron chi connectivity index (χ1n) is 9.32. The monoisotopic (exact) mass is 364 g/mol. The van der Waals surface area contributed by atoms with Gasteiger partial charge >= 0.3 is 0 Å². The molecule has 2 aliphatic heterocycles. The first kappa shape index (κ1) is 18.7. The highest BCUT2D eigenvalue weighted by Gasteiger charge is 2.32. The van der Waals surface area contributed by atoms with Crippen LogP contribution >= 0.6 is 0 Å². The van der Waals surface area contributed by atoms with Gasteiger partial charge in [0.15, 0.2) is 5.96 Å². The zero-order valence-corrected chi connectivity index (χ0v) is 15.3. The molecule has 0 bridgehead atoms. The van der Waals surface area contributed by atoms with E-state index < -0.39 is 0 Å². The highest BCUT2D eigenvalue weighted by Crippen LogP contribution is 2.21. The average molecular weight is 364 g/mol. The molecule has 2 atom stereocenters. The number of guanidine groups is 1. The van der Waals surface area contributed by atoms with Crippen molar-refractivity contribution >= 4 is 11.9 Å². The van der Waals surface area contributed by atoms with E-state index in [1.807, 2.05) is 13.0 Å². The zero-order valence-electron chi connectivity index (χ0n) is 15.3. The van der Waals surface area contributed by atoms with Crippen LogP contribution in [0.3, 0.4) is 0 Å². The fourth-order valence-electron chi connectivity index (χ4n) is 3.22. The minimum absolute atomic E-state index is 0.0582. The fourth-order valence-corrected chi connectivity index (χ4v) is 3.22. The van der Waals surface area contributed by atoms with E-state index in [2.05, 4.69) is 20.5 Å². The van der Waals surface area contributed by atoms with Gasteiger partial charge in [-0.15, -0.1) is 0 Å². The number of morpholine rings is 1. The molecule has 2 saturated heterocycles. The molecule has 2 aliphatic rings. The van der Waals surface area contributed by atoms with Gasteiger partial charge in [0.2, 0.25) is 5.91 Å².